The number of halogens is 2. The van der Waals surface area contributed by atoms with E-state index < -0.39 is 18.2 Å². The number of amides is 3. The number of para-hydroxylation sites is 2. The van der Waals surface area contributed by atoms with Crippen LogP contribution in [-0.2, 0) is 11.2 Å². The molecule has 190 valence electrons. The van der Waals surface area contributed by atoms with E-state index in [1.165, 1.54) is 17.0 Å². The highest BCUT2D eigenvalue weighted by molar-refractivity contribution is 6.06. The number of alkyl halides is 2. The number of nitrogens with zero attached hydrogens (tertiary/aromatic N) is 3. The number of nitrogens with one attached hydrogen (secondary N) is 1. The fraction of sp³-hybridized carbons (Fsp3) is 0.423. The molecule has 1 N–H and O–H groups in total. The molecule has 2 aliphatic rings. The molecule has 5 rings (SSSR count). The number of aryl methyl sites for hydroxylation is 1. The Balaban J connectivity index is 1.14. The summed E-state index contributed by atoms with van der Waals surface area (Å²) in [7, 11) is 0. The van der Waals surface area contributed by atoms with Crippen molar-refractivity contribution in [3.05, 3.63) is 60.0 Å². The Morgan fingerprint density at radius 2 is 1.86 bits per heavy atom. The van der Waals surface area contributed by atoms with Gasteiger partial charge >= 0.3 is 12.6 Å². The number of ether oxygens (including phenoxy) is 1. The number of rotatable bonds is 8. The van der Waals surface area contributed by atoms with Gasteiger partial charge in [0.1, 0.15) is 16.8 Å². The van der Waals surface area contributed by atoms with Crippen LogP contribution in [0.5, 0.6) is 5.75 Å². The zero-order valence-corrected chi connectivity index (χ0v) is 20.0. The third-order valence-electron chi connectivity index (χ3n) is 7.00. The normalized spacial score (nSPS) is 21.5. The van der Waals surface area contributed by atoms with Crippen LogP contribution < -0.4 is 10.1 Å². The molecule has 1 atom stereocenters. The minimum atomic E-state index is -2.88. The molecule has 36 heavy (non-hydrogen) atoms. The number of carbonyl (C=O) groups excluding carboxylic acids is 2. The molecule has 0 radical (unpaired) electrons. The Morgan fingerprint density at radius 3 is 2.56 bits per heavy atom. The molecule has 10 heteroatoms. The molecule has 3 amide bonds. The van der Waals surface area contributed by atoms with Gasteiger partial charge in [0.05, 0.1) is 6.67 Å². The van der Waals surface area contributed by atoms with Gasteiger partial charge in [0, 0.05) is 19.0 Å². The highest BCUT2D eigenvalue weighted by Gasteiger charge is 2.47. The summed E-state index contributed by atoms with van der Waals surface area (Å²) in [5.74, 6) is 0.772. The molecule has 2 saturated heterocycles. The lowest BCUT2D eigenvalue weighted by Gasteiger charge is -2.32. The van der Waals surface area contributed by atoms with Crippen molar-refractivity contribution in [2.24, 2.45) is 0 Å². The van der Waals surface area contributed by atoms with Gasteiger partial charge in [0.15, 0.2) is 11.5 Å². The van der Waals surface area contributed by atoms with Crippen LogP contribution in [-0.4, -0.2) is 58.6 Å². The summed E-state index contributed by atoms with van der Waals surface area (Å²) in [5, 5.41) is 2.84. The molecule has 3 aromatic rings. The van der Waals surface area contributed by atoms with Crippen molar-refractivity contribution in [1.82, 2.24) is 20.1 Å². The zero-order chi connectivity index (χ0) is 25.3. The van der Waals surface area contributed by atoms with Gasteiger partial charge in [0.2, 0.25) is 0 Å². The fourth-order valence-electron chi connectivity index (χ4n) is 4.86. The highest BCUT2D eigenvalue weighted by Crippen LogP contribution is 2.31. The maximum Gasteiger partial charge on any atom is 0.387 e. The van der Waals surface area contributed by atoms with Crippen molar-refractivity contribution in [1.29, 1.82) is 0 Å². The van der Waals surface area contributed by atoms with E-state index in [1.807, 2.05) is 24.3 Å². The molecule has 2 aliphatic heterocycles. The minimum absolute atomic E-state index is 0.0799. The number of aromatic nitrogens is 1. The molecule has 0 bridgehead atoms. The van der Waals surface area contributed by atoms with Crippen LogP contribution >= 0.6 is 0 Å². The van der Waals surface area contributed by atoms with E-state index in [2.05, 4.69) is 19.9 Å². The lowest BCUT2D eigenvalue weighted by molar-refractivity contribution is -0.132. The summed E-state index contributed by atoms with van der Waals surface area (Å²) in [5.41, 5.74) is 1.47. The van der Waals surface area contributed by atoms with E-state index >= 15 is 0 Å². The predicted molar refractivity (Wildman–Crippen MR) is 128 cm³/mol. The fourth-order valence-corrected chi connectivity index (χ4v) is 4.86. The number of benzene rings is 2. The first-order chi connectivity index (χ1) is 17.3. The quantitative estimate of drug-likeness (QED) is 0.460. The standard InChI is InChI=1S/C26H28F2N4O4/c1-26(13-10-17-6-8-19(9-7-17)35-24(27)28)23(33)32(25(34)30-26)16-31-14-11-18(12-15-31)22-29-20-4-2-3-5-21(20)36-22/h2-9,18,24H,10-16H2,1H3,(H,30,34)/t26-/m0/s1. The molecule has 0 aliphatic carbocycles. The molecule has 1 aromatic heterocycles. The van der Waals surface area contributed by atoms with Gasteiger partial charge in [-0.1, -0.05) is 24.3 Å². The second-order valence-corrected chi connectivity index (χ2v) is 9.57. The van der Waals surface area contributed by atoms with E-state index in [1.54, 1.807) is 19.1 Å². The summed E-state index contributed by atoms with van der Waals surface area (Å²) >= 11 is 0. The summed E-state index contributed by atoms with van der Waals surface area (Å²) in [6, 6.07) is 13.6. The maximum atomic E-state index is 13.2. The van der Waals surface area contributed by atoms with E-state index in [9.17, 15) is 18.4 Å². The number of carbonyl (C=O) groups is 2. The zero-order valence-electron chi connectivity index (χ0n) is 20.0. The Hall–Kier alpha value is -3.53. The first-order valence-electron chi connectivity index (χ1n) is 12.1. The number of hydrogen-bond donors (Lipinski definition) is 1. The van der Waals surface area contributed by atoms with E-state index in [-0.39, 0.29) is 24.2 Å². The van der Waals surface area contributed by atoms with E-state index in [0.717, 1.165) is 48.5 Å². The van der Waals surface area contributed by atoms with Gasteiger partial charge in [-0.15, -0.1) is 0 Å². The van der Waals surface area contributed by atoms with Gasteiger partial charge in [-0.05, 0) is 62.4 Å². The predicted octanol–water partition coefficient (Wildman–Crippen LogP) is 4.51. The molecular formula is C26H28F2N4O4. The summed E-state index contributed by atoms with van der Waals surface area (Å²) < 4.78 is 35.0. The van der Waals surface area contributed by atoms with Crippen molar-refractivity contribution >= 4 is 23.0 Å². The van der Waals surface area contributed by atoms with Crippen molar-refractivity contribution < 1.29 is 27.5 Å². The van der Waals surface area contributed by atoms with Crippen LogP contribution in [0.3, 0.4) is 0 Å². The highest BCUT2D eigenvalue weighted by atomic mass is 19.3. The van der Waals surface area contributed by atoms with Crippen molar-refractivity contribution in [3.8, 4) is 5.75 Å². The summed E-state index contributed by atoms with van der Waals surface area (Å²) in [4.78, 5) is 33.8. The number of fused-ring (bicyclic) bond motifs is 1. The van der Waals surface area contributed by atoms with Gasteiger partial charge < -0.3 is 14.5 Å². The van der Waals surface area contributed by atoms with Crippen LogP contribution in [0.4, 0.5) is 13.6 Å². The molecule has 0 saturated carbocycles. The number of likely N-dealkylation sites (tertiary alicyclic amines) is 1. The number of hydrogen-bond acceptors (Lipinski definition) is 6. The van der Waals surface area contributed by atoms with Gasteiger partial charge in [-0.3, -0.25) is 9.69 Å². The van der Waals surface area contributed by atoms with Crippen LogP contribution in [0.15, 0.2) is 52.9 Å². The molecule has 3 heterocycles. The smallest absolute Gasteiger partial charge is 0.387 e. The lowest BCUT2D eigenvalue weighted by atomic mass is 9.93. The molecule has 0 unspecified atom stereocenters. The van der Waals surface area contributed by atoms with Gasteiger partial charge in [0.25, 0.3) is 5.91 Å². The second-order valence-electron chi connectivity index (χ2n) is 9.57. The topological polar surface area (TPSA) is 87.9 Å². The summed E-state index contributed by atoms with van der Waals surface area (Å²) in [6.07, 6.45) is 2.56. The third kappa shape index (κ3) is 5.04. The minimum Gasteiger partial charge on any atom is -0.440 e. The number of oxazole rings is 1. The van der Waals surface area contributed by atoms with E-state index in [0.29, 0.717) is 12.8 Å². The Morgan fingerprint density at radius 1 is 1.14 bits per heavy atom. The molecule has 8 nitrogen and oxygen atoms in total. The lowest BCUT2D eigenvalue weighted by Crippen LogP contribution is -2.47. The van der Waals surface area contributed by atoms with Crippen LogP contribution in [0.25, 0.3) is 11.1 Å². The van der Waals surface area contributed by atoms with Gasteiger partial charge in [-0.25, -0.2) is 14.7 Å². The molecule has 0 spiro atoms. The Bertz CT molecular complexity index is 1210. The second kappa shape index (κ2) is 9.85. The molecular weight excluding hydrogens is 470 g/mol. The van der Waals surface area contributed by atoms with Crippen molar-refractivity contribution in [2.75, 3.05) is 19.8 Å². The van der Waals surface area contributed by atoms with Crippen molar-refractivity contribution in [3.63, 3.8) is 0 Å². The third-order valence-corrected chi connectivity index (χ3v) is 7.00. The number of piperidine rings is 1. The Labute approximate surface area is 207 Å². The SMILES string of the molecule is C[C@@]1(CCc2ccc(OC(F)F)cc2)NC(=O)N(CN2CCC(c3nc4ccccc4o3)CC2)C1=O. The van der Waals surface area contributed by atoms with Gasteiger partial charge in [-0.2, -0.15) is 8.78 Å². The first-order valence-corrected chi connectivity index (χ1v) is 12.1. The average molecular weight is 499 g/mol. The van der Waals surface area contributed by atoms with Crippen LogP contribution in [0.2, 0.25) is 0 Å². The average Bonchev–Trinajstić information content (AvgIpc) is 3.39. The van der Waals surface area contributed by atoms with Crippen LogP contribution in [0.1, 0.15) is 43.6 Å². The molecule has 2 fully saturated rings. The largest absolute Gasteiger partial charge is 0.440 e. The summed E-state index contributed by atoms with van der Waals surface area (Å²) in [6.45, 7) is 0.537. The van der Waals surface area contributed by atoms with E-state index in [4.69, 9.17) is 4.42 Å². The monoisotopic (exact) mass is 498 g/mol. The van der Waals surface area contributed by atoms with Crippen molar-refractivity contribution in [2.45, 2.75) is 50.7 Å². The first kappa shape index (κ1) is 24.2. The maximum absolute atomic E-state index is 13.2. The molecule has 2 aromatic carbocycles. The number of imide groups is 1. The van der Waals surface area contributed by atoms with Crippen LogP contribution in [0, 0.1) is 0 Å². The number of urea groups is 1. The Kier molecular flexibility index (Phi) is 6.61.